The Morgan fingerprint density at radius 1 is 1.23 bits per heavy atom. The first-order valence-electron chi connectivity index (χ1n) is 8.62. The van der Waals surface area contributed by atoms with Gasteiger partial charge in [-0.1, -0.05) is 30.3 Å². The van der Waals surface area contributed by atoms with E-state index in [4.69, 9.17) is 0 Å². The van der Waals surface area contributed by atoms with E-state index in [0.29, 0.717) is 18.3 Å². The van der Waals surface area contributed by atoms with Gasteiger partial charge in [0, 0.05) is 26.2 Å². The number of nitrogens with zero attached hydrogens (tertiary/aromatic N) is 4. The van der Waals surface area contributed by atoms with Gasteiger partial charge >= 0.3 is 6.03 Å². The molecule has 1 aliphatic rings. The van der Waals surface area contributed by atoms with Crippen LogP contribution in [0.2, 0.25) is 0 Å². The van der Waals surface area contributed by atoms with E-state index < -0.39 is 0 Å². The minimum absolute atomic E-state index is 0.127. The van der Waals surface area contributed by atoms with Crippen LogP contribution in [0.1, 0.15) is 11.1 Å². The van der Waals surface area contributed by atoms with Gasteiger partial charge < -0.3 is 10.2 Å². The highest BCUT2D eigenvalue weighted by molar-refractivity contribution is 7.00. The van der Waals surface area contributed by atoms with Crippen LogP contribution < -0.4 is 5.32 Å². The van der Waals surface area contributed by atoms with Gasteiger partial charge in [0.15, 0.2) is 0 Å². The summed E-state index contributed by atoms with van der Waals surface area (Å²) in [6.45, 7) is 1.59. The van der Waals surface area contributed by atoms with Gasteiger partial charge in [0.25, 0.3) is 0 Å². The van der Waals surface area contributed by atoms with Crippen LogP contribution in [0.5, 0.6) is 0 Å². The largest absolute Gasteiger partial charge is 0.326 e. The van der Waals surface area contributed by atoms with Gasteiger partial charge in [0.2, 0.25) is 0 Å². The SMILES string of the molecule is CN(C[C@@H]1Cc2ccccc2CN1C)C(=O)Nc1cccc2nsnc12. The fourth-order valence-electron chi connectivity index (χ4n) is 3.44. The summed E-state index contributed by atoms with van der Waals surface area (Å²) >= 11 is 1.15. The summed E-state index contributed by atoms with van der Waals surface area (Å²) in [6, 6.07) is 14.3. The minimum Gasteiger partial charge on any atom is -0.326 e. The predicted molar refractivity (Wildman–Crippen MR) is 104 cm³/mol. The molecule has 2 heterocycles. The summed E-state index contributed by atoms with van der Waals surface area (Å²) in [4.78, 5) is 16.7. The number of urea groups is 1. The molecule has 0 saturated heterocycles. The number of carbonyl (C=O) groups excluding carboxylic acids is 1. The maximum atomic E-state index is 12.7. The van der Waals surface area contributed by atoms with Crippen LogP contribution in [-0.2, 0) is 13.0 Å². The highest BCUT2D eigenvalue weighted by Crippen LogP contribution is 2.23. The molecule has 134 valence electrons. The number of hydrogen-bond acceptors (Lipinski definition) is 5. The molecule has 6 nitrogen and oxygen atoms in total. The second kappa shape index (κ2) is 7.01. The first kappa shape index (κ1) is 16.9. The van der Waals surface area contributed by atoms with Gasteiger partial charge in [-0.2, -0.15) is 8.75 Å². The zero-order chi connectivity index (χ0) is 18.1. The number of rotatable bonds is 3. The quantitative estimate of drug-likeness (QED) is 0.772. The number of fused-ring (bicyclic) bond motifs is 2. The first-order chi connectivity index (χ1) is 12.6. The van der Waals surface area contributed by atoms with Crippen molar-refractivity contribution < 1.29 is 4.79 Å². The lowest BCUT2D eigenvalue weighted by Crippen LogP contribution is -2.47. The lowest BCUT2D eigenvalue weighted by atomic mass is 9.94. The average Bonchev–Trinajstić information content (AvgIpc) is 3.12. The smallest absolute Gasteiger partial charge is 0.321 e. The second-order valence-electron chi connectivity index (χ2n) is 6.79. The molecule has 4 rings (SSSR count). The maximum Gasteiger partial charge on any atom is 0.321 e. The van der Waals surface area contributed by atoms with Crippen molar-refractivity contribution in [3.05, 3.63) is 53.6 Å². The molecule has 2 amide bonds. The van der Waals surface area contributed by atoms with E-state index in [-0.39, 0.29) is 6.03 Å². The Balaban J connectivity index is 1.44. The molecule has 0 saturated carbocycles. The van der Waals surface area contributed by atoms with Gasteiger partial charge in [-0.25, -0.2) is 4.79 Å². The summed E-state index contributed by atoms with van der Waals surface area (Å²) in [6.07, 6.45) is 0.954. The Morgan fingerprint density at radius 3 is 2.88 bits per heavy atom. The van der Waals surface area contributed by atoms with Gasteiger partial charge in [-0.3, -0.25) is 4.90 Å². The van der Waals surface area contributed by atoms with Crippen LogP contribution in [0.4, 0.5) is 10.5 Å². The number of benzene rings is 2. The van der Waals surface area contributed by atoms with E-state index in [1.54, 1.807) is 4.90 Å². The fraction of sp³-hybridized carbons (Fsp3) is 0.316. The molecule has 1 aromatic heterocycles. The highest BCUT2D eigenvalue weighted by Gasteiger charge is 2.25. The molecule has 0 aliphatic carbocycles. The summed E-state index contributed by atoms with van der Waals surface area (Å²) in [5.41, 5.74) is 5.00. The first-order valence-corrected chi connectivity index (χ1v) is 9.35. The van der Waals surface area contributed by atoms with Crippen molar-refractivity contribution in [3.63, 3.8) is 0 Å². The molecule has 0 fully saturated rings. The van der Waals surface area contributed by atoms with Crippen molar-refractivity contribution in [3.8, 4) is 0 Å². The van der Waals surface area contributed by atoms with Crippen molar-refractivity contribution >= 4 is 34.5 Å². The van der Waals surface area contributed by atoms with E-state index in [1.807, 2.05) is 25.2 Å². The predicted octanol–water partition coefficient (Wildman–Crippen LogP) is 3.21. The van der Waals surface area contributed by atoms with Crippen molar-refractivity contribution in [1.29, 1.82) is 0 Å². The van der Waals surface area contributed by atoms with Crippen molar-refractivity contribution in [2.75, 3.05) is 26.0 Å². The molecule has 2 aromatic carbocycles. The number of carbonyl (C=O) groups is 1. The number of nitrogens with one attached hydrogen (secondary N) is 1. The van der Waals surface area contributed by atoms with Gasteiger partial charge in [-0.15, -0.1) is 0 Å². The molecule has 1 aliphatic heterocycles. The second-order valence-corrected chi connectivity index (χ2v) is 7.32. The van der Waals surface area contributed by atoms with E-state index in [2.05, 4.69) is 50.3 Å². The van der Waals surface area contributed by atoms with Crippen molar-refractivity contribution in [1.82, 2.24) is 18.5 Å². The molecule has 1 N–H and O–H groups in total. The molecule has 26 heavy (non-hydrogen) atoms. The fourth-order valence-corrected chi connectivity index (χ4v) is 3.99. The van der Waals surface area contributed by atoms with E-state index in [0.717, 1.165) is 35.7 Å². The zero-order valence-electron chi connectivity index (χ0n) is 14.8. The van der Waals surface area contributed by atoms with E-state index in [1.165, 1.54) is 11.1 Å². The molecule has 1 atom stereocenters. The van der Waals surface area contributed by atoms with Crippen LogP contribution in [0.3, 0.4) is 0 Å². The van der Waals surface area contributed by atoms with Crippen LogP contribution in [-0.4, -0.2) is 51.3 Å². The monoisotopic (exact) mass is 367 g/mol. The lowest BCUT2D eigenvalue weighted by molar-refractivity contribution is 0.166. The summed E-state index contributed by atoms with van der Waals surface area (Å²) in [5, 5.41) is 2.97. The summed E-state index contributed by atoms with van der Waals surface area (Å²) < 4.78 is 8.49. The number of anilines is 1. The van der Waals surface area contributed by atoms with Crippen LogP contribution >= 0.6 is 11.7 Å². The van der Waals surface area contributed by atoms with Gasteiger partial charge in [-0.05, 0) is 36.7 Å². The third-order valence-corrected chi connectivity index (χ3v) is 5.52. The van der Waals surface area contributed by atoms with Gasteiger partial charge in [0.05, 0.1) is 17.4 Å². The normalized spacial score (nSPS) is 17.1. The summed E-state index contributed by atoms with van der Waals surface area (Å²) in [5.74, 6) is 0. The average molecular weight is 367 g/mol. The standard InChI is InChI=1S/C19H21N5OS/c1-23-11-14-7-4-3-6-13(14)10-15(23)12-24(2)19(25)20-16-8-5-9-17-18(16)22-26-21-17/h3-9,15H,10-12H2,1-2H3,(H,20,25)/t15-/m0/s1. The molecule has 0 radical (unpaired) electrons. The summed E-state index contributed by atoms with van der Waals surface area (Å²) in [7, 11) is 3.96. The van der Waals surface area contributed by atoms with Gasteiger partial charge in [0.1, 0.15) is 11.0 Å². The Bertz CT molecular complexity index is 940. The highest BCUT2D eigenvalue weighted by atomic mass is 32.1. The van der Waals surface area contributed by atoms with E-state index >= 15 is 0 Å². The molecule has 0 unspecified atom stereocenters. The molecule has 0 bridgehead atoms. The molecular weight excluding hydrogens is 346 g/mol. The number of aromatic nitrogens is 2. The van der Waals surface area contributed by atoms with E-state index in [9.17, 15) is 4.79 Å². The Morgan fingerprint density at radius 2 is 2.04 bits per heavy atom. The van der Waals surface area contributed by atoms with Crippen molar-refractivity contribution in [2.24, 2.45) is 0 Å². The van der Waals surface area contributed by atoms with Crippen LogP contribution in [0, 0.1) is 0 Å². The molecule has 3 aromatic rings. The third-order valence-electron chi connectivity index (χ3n) is 4.98. The molecule has 7 heteroatoms. The number of hydrogen-bond donors (Lipinski definition) is 1. The van der Waals surface area contributed by atoms with Crippen LogP contribution in [0.15, 0.2) is 42.5 Å². The number of likely N-dealkylation sites (N-methyl/N-ethyl adjacent to an activating group) is 2. The van der Waals surface area contributed by atoms with Crippen molar-refractivity contribution in [2.45, 2.75) is 19.0 Å². The Labute approximate surface area is 156 Å². The zero-order valence-corrected chi connectivity index (χ0v) is 15.7. The lowest BCUT2D eigenvalue weighted by Gasteiger charge is -2.36. The number of amides is 2. The minimum atomic E-state index is -0.127. The maximum absolute atomic E-state index is 12.7. The Kier molecular flexibility index (Phi) is 4.57. The van der Waals surface area contributed by atoms with Crippen LogP contribution in [0.25, 0.3) is 11.0 Å². The Hall–Kier alpha value is -2.51. The third kappa shape index (κ3) is 3.27. The molecule has 0 spiro atoms. The topological polar surface area (TPSA) is 61.4 Å². The molecular formula is C19H21N5OS.